The predicted octanol–water partition coefficient (Wildman–Crippen LogP) is 3.03. The summed E-state index contributed by atoms with van der Waals surface area (Å²) in [7, 11) is 0. The lowest BCUT2D eigenvalue weighted by Crippen LogP contribution is -2.43. The molecule has 0 unspecified atom stereocenters. The van der Waals surface area contributed by atoms with Crippen molar-refractivity contribution in [2.24, 2.45) is 0 Å². The second-order valence-electron chi connectivity index (χ2n) is 4.85. The highest BCUT2D eigenvalue weighted by Crippen LogP contribution is 2.30. The number of nitrogens with one attached hydrogen (secondary N) is 1. The molecule has 0 amide bonds. The summed E-state index contributed by atoms with van der Waals surface area (Å²) >= 11 is 6.08. The molecule has 0 saturated heterocycles. The van der Waals surface area contributed by atoms with Gasteiger partial charge in [0.1, 0.15) is 0 Å². The average molecular weight is 239 g/mol. The molecule has 16 heavy (non-hydrogen) atoms. The van der Waals surface area contributed by atoms with Gasteiger partial charge in [0.2, 0.25) is 0 Å². The molecular weight excluding hydrogens is 220 g/mol. The number of aromatic nitrogens is 1. The number of hydrogen-bond donors (Lipinski definition) is 1. The molecule has 1 heterocycles. The molecule has 88 valence electrons. The van der Waals surface area contributed by atoms with Gasteiger partial charge in [-0.1, -0.05) is 18.9 Å². The lowest BCUT2D eigenvalue weighted by molar-refractivity contribution is 0.367. The second kappa shape index (κ2) is 5.15. The van der Waals surface area contributed by atoms with Crippen LogP contribution in [0.15, 0.2) is 18.5 Å². The maximum atomic E-state index is 6.08. The van der Waals surface area contributed by atoms with E-state index in [-0.39, 0.29) is 5.54 Å². The van der Waals surface area contributed by atoms with Gasteiger partial charge in [-0.05, 0) is 30.9 Å². The molecule has 0 atom stereocenters. The molecule has 2 rings (SSSR count). The minimum absolute atomic E-state index is 0.172. The van der Waals surface area contributed by atoms with Crippen molar-refractivity contribution >= 4 is 11.6 Å². The second-order valence-corrected chi connectivity index (χ2v) is 5.11. The van der Waals surface area contributed by atoms with Gasteiger partial charge >= 0.3 is 0 Å². The Morgan fingerprint density at radius 1 is 1.38 bits per heavy atom. The molecule has 2 nitrogen and oxygen atoms in total. The molecule has 3 heteroatoms. The Morgan fingerprint density at radius 2 is 2.12 bits per heavy atom. The fourth-order valence-electron chi connectivity index (χ4n) is 2.41. The molecule has 0 spiro atoms. The van der Waals surface area contributed by atoms with Gasteiger partial charge in [0.25, 0.3) is 0 Å². The molecule has 1 aliphatic rings. The topological polar surface area (TPSA) is 24.9 Å². The number of aryl methyl sites for hydroxylation is 1. The van der Waals surface area contributed by atoms with Crippen LogP contribution in [0, 0.1) is 6.92 Å². The summed E-state index contributed by atoms with van der Waals surface area (Å²) in [6.07, 6.45) is 8.82. The van der Waals surface area contributed by atoms with Crippen LogP contribution in [0.5, 0.6) is 0 Å². The van der Waals surface area contributed by atoms with E-state index in [0.29, 0.717) is 5.88 Å². The van der Waals surface area contributed by atoms with E-state index < -0.39 is 0 Å². The Hall–Kier alpha value is -0.600. The first kappa shape index (κ1) is 11.9. The molecule has 1 fully saturated rings. The SMILES string of the molecule is Cc1cncc(CNC2(CCl)CCCC2)c1. The van der Waals surface area contributed by atoms with E-state index >= 15 is 0 Å². The fraction of sp³-hybridized carbons (Fsp3) is 0.615. The van der Waals surface area contributed by atoms with Gasteiger partial charge in [-0.2, -0.15) is 0 Å². The Bertz CT molecular complexity index is 346. The van der Waals surface area contributed by atoms with Crippen LogP contribution in [0.2, 0.25) is 0 Å². The summed E-state index contributed by atoms with van der Waals surface area (Å²) in [5.74, 6) is 0.715. The minimum Gasteiger partial charge on any atom is -0.306 e. The standard InChI is InChI=1S/C13H19ClN2/c1-11-6-12(8-15-7-11)9-16-13(10-14)4-2-3-5-13/h6-8,16H,2-5,9-10H2,1H3. The summed E-state index contributed by atoms with van der Waals surface area (Å²) in [6, 6.07) is 2.18. The Balaban J connectivity index is 1.95. The molecule has 1 aromatic rings. The molecule has 1 aromatic heterocycles. The van der Waals surface area contributed by atoms with Crippen molar-refractivity contribution in [2.75, 3.05) is 5.88 Å². The molecule has 0 aliphatic heterocycles. The van der Waals surface area contributed by atoms with Crippen LogP contribution in [0.25, 0.3) is 0 Å². The van der Waals surface area contributed by atoms with Crippen molar-refractivity contribution in [3.8, 4) is 0 Å². The van der Waals surface area contributed by atoms with E-state index in [1.54, 1.807) is 0 Å². The lowest BCUT2D eigenvalue weighted by atomic mass is 10.00. The van der Waals surface area contributed by atoms with Crippen LogP contribution >= 0.6 is 11.6 Å². The maximum Gasteiger partial charge on any atom is 0.0406 e. The van der Waals surface area contributed by atoms with Crippen LogP contribution in [-0.2, 0) is 6.54 Å². The summed E-state index contributed by atoms with van der Waals surface area (Å²) in [5, 5.41) is 3.62. The summed E-state index contributed by atoms with van der Waals surface area (Å²) in [4.78, 5) is 4.21. The number of pyridine rings is 1. The smallest absolute Gasteiger partial charge is 0.0406 e. The van der Waals surface area contributed by atoms with Crippen LogP contribution in [0.3, 0.4) is 0 Å². The zero-order valence-electron chi connectivity index (χ0n) is 9.80. The molecule has 0 aromatic carbocycles. The maximum absolute atomic E-state index is 6.08. The highest BCUT2D eigenvalue weighted by Gasteiger charge is 2.32. The summed E-state index contributed by atoms with van der Waals surface area (Å²) < 4.78 is 0. The van der Waals surface area contributed by atoms with Crippen molar-refractivity contribution in [2.45, 2.75) is 44.7 Å². The van der Waals surface area contributed by atoms with E-state index in [1.165, 1.54) is 36.8 Å². The van der Waals surface area contributed by atoms with Gasteiger partial charge in [0, 0.05) is 30.4 Å². The van der Waals surface area contributed by atoms with E-state index in [9.17, 15) is 0 Å². The van der Waals surface area contributed by atoms with E-state index in [0.717, 1.165) is 6.54 Å². The summed E-state index contributed by atoms with van der Waals surface area (Å²) in [6.45, 7) is 2.95. The van der Waals surface area contributed by atoms with Crippen LogP contribution in [0.4, 0.5) is 0 Å². The van der Waals surface area contributed by atoms with E-state index in [2.05, 4.69) is 23.3 Å². The molecule has 1 aliphatic carbocycles. The summed E-state index contributed by atoms with van der Waals surface area (Å²) in [5.41, 5.74) is 2.63. The molecular formula is C13H19ClN2. The van der Waals surface area contributed by atoms with Gasteiger partial charge in [-0.3, -0.25) is 4.98 Å². The number of rotatable bonds is 4. The van der Waals surface area contributed by atoms with Crippen LogP contribution in [-0.4, -0.2) is 16.4 Å². The zero-order valence-corrected chi connectivity index (χ0v) is 10.6. The van der Waals surface area contributed by atoms with Crippen molar-refractivity contribution in [1.29, 1.82) is 0 Å². The minimum atomic E-state index is 0.172. The number of hydrogen-bond acceptors (Lipinski definition) is 2. The number of halogens is 1. The highest BCUT2D eigenvalue weighted by atomic mass is 35.5. The molecule has 0 bridgehead atoms. The first-order chi connectivity index (χ1) is 7.74. The monoisotopic (exact) mass is 238 g/mol. The predicted molar refractivity (Wildman–Crippen MR) is 67.7 cm³/mol. The van der Waals surface area contributed by atoms with Gasteiger partial charge in [-0.25, -0.2) is 0 Å². The normalized spacial score (nSPS) is 18.9. The van der Waals surface area contributed by atoms with Crippen molar-refractivity contribution in [3.05, 3.63) is 29.6 Å². The lowest BCUT2D eigenvalue weighted by Gasteiger charge is -2.28. The highest BCUT2D eigenvalue weighted by molar-refractivity contribution is 6.18. The molecule has 1 N–H and O–H groups in total. The number of alkyl halides is 1. The molecule has 0 radical (unpaired) electrons. The number of nitrogens with zero attached hydrogens (tertiary/aromatic N) is 1. The first-order valence-electron chi connectivity index (χ1n) is 5.96. The quantitative estimate of drug-likeness (QED) is 0.816. The van der Waals surface area contributed by atoms with Crippen molar-refractivity contribution in [3.63, 3.8) is 0 Å². The largest absolute Gasteiger partial charge is 0.306 e. The van der Waals surface area contributed by atoms with E-state index in [1.807, 2.05) is 12.4 Å². The van der Waals surface area contributed by atoms with Crippen molar-refractivity contribution in [1.82, 2.24) is 10.3 Å². The average Bonchev–Trinajstić information content (AvgIpc) is 2.76. The fourth-order valence-corrected chi connectivity index (χ4v) is 2.77. The van der Waals surface area contributed by atoms with Gasteiger partial charge in [-0.15, -0.1) is 11.6 Å². The third kappa shape index (κ3) is 2.74. The van der Waals surface area contributed by atoms with E-state index in [4.69, 9.17) is 11.6 Å². The van der Waals surface area contributed by atoms with Crippen LogP contribution < -0.4 is 5.32 Å². The zero-order chi connectivity index (χ0) is 11.4. The molecule has 1 saturated carbocycles. The van der Waals surface area contributed by atoms with Crippen molar-refractivity contribution < 1.29 is 0 Å². The van der Waals surface area contributed by atoms with Gasteiger partial charge in [0.05, 0.1) is 0 Å². The van der Waals surface area contributed by atoms with Gasteiger partial charge < -0.3 is 5.32 Å². The Labute approximate surface area is 102 Å². The third-order valence-corrected chi connectivity index (χ3v) is 3.93. The third-order valence-electron chi connectivity index (χ3n) is 3.42. The Morgan fingerprint density at radius 3 is 2.75 bits per heavy atom. The van der Waals surface area contributed by atoms with Gasteiger partial charge in [0.15, 0.2) is 0 Å². The first-order valence-corrected chi connectivity index (χ1v) is 6.49. The Kier molecular flexibility index (Phi) is 3.82. The van der Waals surface area contributed by atoms with Crippen LogP contribution in [0.1, 0.15) is 36.8 Å².